The molecule has 96 valence electrons. The molecule has 5 heteroatoms. The van der Waals surface area contributed by atoms with Gasteiger partial charge < -0.3 is 19.3 Å². The van der Waals surface area contributed by atoms with Crippen LogP contribution in [0.4, 0.5) is 0 Å². The van der Waals surface area contributed by atoms with Crippen LogP contribution in [0.2, 0.25) is 0 Å². The topological polar surface area (TPSA) is 65.0 Å². The number of aliphatic hydroxyl groups excluding tert-OH is 1. The summed E-state index contributed by atoms with van der Waals surface area (Å²) in [5.41, 5.74) is 0. The molecular formula is C11H22O5. The van der Waals surface area contributed by atoms with Crippen LogP contribution in [0.1, 0.15) is 34.1 Å². The Labute approximate surface area is 96.7 Å². The molecule has 16 heavy (non-hydrogen) atoms. The van der Waals surface area contributed by atoms with Gasteiger partial charge in [0.1, 0.15) is 0 Å². The fourth-order valence-electron chi connectivity index (χ4n) is 1.53. The summed E-state index contributed by atoms with van der Waals surface area (Å²) in [4.78, 5) is 10.7. The third-order valence-electron chi connectivity index (χ3n) is 2.21. The van der Waals surface area contributed by atoms with Crippen molar-refractivity contribution in [2.24, 2.45) is 0 Å². The van der Waals surface area contributed by atoms with E-state index in [0.717, 1.165) is 0 Å². The van der Waals surface area contributed by atoms with E-state index in [1.54, 1.807) is 6.92 Å². The van der Waals surface area contributed by atoms with E-state index >= 15 is 0 Å². The summed E-state index contributed by atoms with van der Waals surface area (Å²) >= 11 is 0. The molecule has 0 aliphatic carbocycles. The standard InChI is InChI=1S/C9H16O5.C2H6/c1-5-9(14-6(2)10)7(11)4-8(12-3)13-5;1-2/h5,7-9,11H,4H2,1-3H3;1-2H3. The van der Waals surface area contributed by atoms with Gasteiger partial charge in [0, 0.05) is 20.5 Å². The highest BCUT2D eigenvalue weighted by Crippen LogP contribution is 2.22. The minimum absolute atomic E-state index is 0.318. The molecule has 0 radical (unpaired) electrons. The Balaban J connectivity index is 0.00000106. The predicted octanol–water partition coefficient (Wildman–Crippen LogP) is 1.09. The molecule has 1 rings (SSSR count). The molecule has 0 aromatic heterocycles. The Morgan fingerprint density at radius 1 is 1.44 bits per heavy atom. The molecule has 4 atom stereocenters. The monoisotopic (exact) mass is 234 g/mol. The van der Waals surface area contributed by atoms with Gasteiger partial charge in [0.2, 0.25) is 0 Å². The Kier molecular flexibility index (Phi) is 7.29. The average Bonchev–Trinajstić information content (AvgIpc) is 2.25. The highest BCUT2D eigenvalue weighted by molar-refractivity contribution is 5.66. The van der Waals surface area contributed by atoms with E-state index in [1.165, 1.54) is 14.0 Å². The van der Waals surface area contributed by atoms with Crippen molar-refractivity contribution < 1.29 is 24.1 Å². The van der Waals surface area contributed by atoms with Crippen molar-refractivity contribution in [2.45, 2.75) is 58.7 Å². The summed E-state index contributed by atoms with van der Waals surface area (Å²) in [5, 5.41) is 9.65. The number of methoxy groups -OCH3 is 1. The van der Waals surface area contributed by atoms with Crippen LogP contribution in [-0.4, -0.2) is 42.8 Å². The summed E-state index contributed by atoms with van der Waals surface area (Å²) in [6.45, 7) is 7.05. The van der Waals surface area contributed by atoms with E-state index in [2.05, 4.69) is 0 Å². The third-order valence-corrected chi connectivity index (χ3v) is 2.21. The summed E-state index contributed by atoms with van der Waals surface area (Å²) in [6.07, 6.45) is -1.79. The Hall–Kier alpha value is -0.650. The van der Waals surface area contributed by atoms with Gasteiger partial charge in [-0.3, -0.25) is 4.79 Å². The minimum atomic E-state index is -0.729. The normalized spacial score (nSPS) is 33.6. The fraction of sp³-hybridized carbons (Fsp3) is 0.909. The van der Waals surface area contributed by atoms with Gasteiger partial charge >= 0.3 is 5.97 Å². The third kappa shape index (κ3) is 4.47. The van der Waals surface area contributed by atoms with E-state index in [1.807, 2.05) is 13.8 Å². The molecule has 0 amide bonds. The number of esters is 1. The van der Waals surface area contributed by atoms with Crippen LogP contribution in [0, 0.1) is 0 Å². The summed E-state index contributed by atoms with van der Waals surface area (Å²) < 4.78 is 15.3. The van der Waals surface area contributed by atoms with Gasteiger partial charge in [-0.2, -0.15) is 0 Å². The molecule has 0 aromatic carbocycles. The van der Waals surface area contributed by atoms with Gasteiger partial charge in [0.25, 0.3) is 0 Å². The lowest BCUT2D eigenvalue weighted by atomic mass is 10.0. The summed E-state index contributed by atoms with van der Waals surface area (Å²) in [7, 11) is 1.51. The SMILES string of the molecule is CC.COC1CC(O)C(OC(C)=O)C(C)O1. The molecule has 1 saturated heterocycles. The lowest BCUT2D eigenvalue weighted by Gasteiger charge is -2.36. The predicted molar refractivity (Wildman–Crippen MR) is 58.9 cm³/mol. The maximum atomic E-state index is 10.7. The second-order valence-corrected chi connectivity index (χ2v) is 3.38. The molecule has 1 aliphatic heterocycles. The Morgan fingerprint density at radius 2 is 2.00 bits per heavy atom. The maximum Gasteiger partial charge on any atom is 0.303 e. The van der Waals surface area contributed by atoms with Crippen molar-refractivity contribution in [1.82, 2.24) is 0 Å². The number of rotatable bonds is 2. The van der Waals surface area contributed by atoms with Crippen LogP contribution < -0.4 is 0 Å². The smallest absolute Gasteiger partial charge is 0.303 e. The van der Waals surface area contributed by atoms with Gasteiger partial charge in [-0.05, 0) is 6.92 Å². The maximum absolute atomic E-state index is 10.7. The molecule has 1 aliphatic rings. The lowest BCUT2D eigenvalue weighted by Crippen LogP contribution is -2.49. The van der Waals surface area contributed by atoms with Crippen molar-refractivity contribution in [1.29, 1.82) is 0 Å². The molecule has 0 aromatic rings. The van der Waals surface area contributed by atoms with E-state index in [4.69, 9.17) is 14.2 Å². The largest absolute Gasteiger partial charge is 0.457 e. The minimum Gasteiger partial charge on any atom is -0.457 e. The zero-order valence-electron chi connectivity index (χ0n) is 10.6. The van der Waals surface area contributed by atoms with Crippen LogP contribution in [0.3, 0.4) is 0 Å². The molecule has 1 heterocycles. The van der Waals surface area contributed by atoms with Crippen molar-refractivity contribution >= 4 is 5.97 Å². The van der Waals surface area contributed by atoms with Gasteiger partial charge in [0.15, 0.2) is 12.4 Å². The summed E-state index contributed by atoms with van der Waals surface area (Å²) in [5.74, 6) is -0.416. The molecule has 0 spiro atoms. The van der Waals surface area contributed by atoms with Gasteiger partial charge in [-0.25, -0.2) is 0 Å². The van der Waals surface area contributed by atoms with Crippen molar-refractivity contribution in [3.8, 4) is 0 Å². The first-order valence-corrected chi connectivity index (χ1v) is 5.58. The van der Waals surface area contributed by atoms with Gasteiger partial charge in [-0.1, -0.05) is 13.8 Å². The molecule has 5 nitrogen and oxygen atoms in total. The van der Waals surface area contributed by atoms with E-state index in [9.17, 15) is 9.90 Å². The van der Waals surface area contributed by atoms with Crippen molar-refractivity contribution in [3.05, 3.63) is 0 Å². The fourth-order valence-corrected chi connectivity index (χ4v) is 1.53. The second-order valence-electron chi connectivity index (χ2n) is 3.38. The van der Waals surface area contributed by atoms with Crippen LogP contribution in [0.15, 0.2) is 0 Å². The van der Waals surface area contributed by atoms with Crippen LogP contribution >= 0.6 is 0 Å². The number of carbonyl (C=O) groups is 1. The molecule has 1 N–H and O–H groups in total. The van der Waals surface area contributed by atoms with Crippen LogP contribution in [-0.2, 0) is 19.0 Å². The number of hydrogen-bond donors (Lipinski definition) is 1. The molecule has 4 unspecified atom stereocenters. The number of ether oxygens (including phenoxy) is 3. The van der Waals surface area contributed by atoms with Gasteiger partial charge in [0.05, 0.1) is 12.2 Å². The Bertz CT molecular complexity index is 195. The van der Waals surface area contributed by atoms with Gasteiger partial charge in [-0.15, -0.1) is 0 Å². The molecule has 0 bridgehead atoms. The van der Waals surface area contributed by atoms with E-state index in [0.29, 0.717) is 6.42 Å². The molecule has 0 saturated carbocycles. The highest BCUT2D eigenvalue weighted by atomic mass is 16.7. The second kappa shape index (κ2) is 7.60. The van der Waals surface area contributed by atoms with Crippen LogP contribution in [0.25, 0.3) is 0 Å². The highest BCUT2D eigenvalue weighted by Gasteiger charge is 2.37. The average molecular weight is 234 g/mol. The van der Waals surface area contributed by atoms with Crippen LogP contribution in [0.5, 0.6) is 0 Å². The first-order chi connectivity index (χ1) is 7.54. The van der Waals surface area contributed by atoms with Crippen molar-refractivity contribution in [2.75, 3.05) is 7.11 Å². The lowest BCUT2D eigenvalue weighted by molar-refractivity contribution is -0.244. The number of aliphatic hydroxyl groups is 1. The van der Waals surface area contributed by atoms with E-state index in [-0.39, 0.29) is 6.10 Å². The number of carbonyl (C=O) groups excluding carboxylic acids is 1. The first-order valence-electron chi connectivity index (χ1n) is 5.58. The van der Waals surface area contributed by atoms with Crippen molar-refractivity contribution in [3.63, 3.8) is 0 Å². The zero-order chi connectivity index (χ0) is 12.7. The van der Waals surface area contributed by atoms with E-state index < -0.39 is 24.5 Å². The summed E-state index contributed by atoms with van der Waals surface area (Å²) in [6, 6.07) is 0. The molecular weight excluding hydrogens is 212 g/mol. The zero-order valence-corrected chi connectivity index (χ0v) is 10.6. The first kappa shape index (κ1) is 15.3. The quantitative estimate of drug-likeness (QED) is 0.724. The molecule has 1 fully saturated rings. The Morgan fingerprint density at radius 3 is 2.38 bits per heavy atom. The number of hydrogen-bond acceptors (Lipinski definition) is 5.